The van der Waals surface area contributed by atoms with Crippen molar-refractivity contribution in [3.8, 4) is 0 Å². The van der Waals surface area contributed by atoms with Gasteiger partial charge in [0.15, 0.2) is 0 Å². The predicted molar refractivity (Wildman–Crippen MR) is 178 cm³/mol. The standard InChI is InChI=1S/C11H23NO.C9H16O2.C8H15NO.C2H6.4CH4/c1-11(2,3)13-10-9-12-7-5-4-6-8-12;1-9(2,3)8(10)4-7-5-11-6-7;1-8(2,3)7(10)9-5-4-6-9;1-2;;;;/h4-10H2,1-3H3;7H,4-6H2,1-3H3;4-6H2,1-3H3;1-2H3;4*1H4. The number of rotatable bonds is 5. The first kappa shape index (κ1) is 48.7. The van der Waals surface area contributed by atoms with Crippen molar-refractivity contribution in [3.05, 3.63) is 0 Å². The molecule has 3 aliphatic rings. The van der Waals surface area contributed by atoms with Crippen molar-refractivity contribution in [1.29, 1.82) is 0 Å². The molecule has 3 aliphatic heterocycles. The maximum atomic E-state index is 11.4. The minimum Gasteiger partial charge on any atom is -0.381 e. The number of amides is 1. The Balaban J connectivity index is -0.000000142. The quantitative estimate of drug-likeness (QED) is 0.327. The maximum absolute atomic E-state index is 11.4. The van der Waals surface area contributed by atoms with Crippen LogP contribution >= 0.6 is 0 Å². The fourth-order valence-corrected chi connectivity index (χ4v) is 3.63. The smallest absolute Gasteiger partial charge is 0.227 e. The fraction of sp³-hybridized carbons (Fsp3) is 0.941. The molecule has 3 rings (SSSR count). The molecule has 3 saturated heterocycles. The molecule has 0 aromatic heterocycles. The molecule has 0 aromatic rings. The van der Waals surface area contributed by atoms with E-state index in [9.17, 15) is 9.59 Å². The van der Waals surface area contributed by atoms with Gasteiger partial charge >= 0.3 is 0 Å². The van der Waals surface area contributed by atoms with Crippen LogP contribution in [0.15, 0.2) is 0 Å². The normalized spacial score (nSPS) is 16.8. The molecule has 40 heavy (non-hydrogen) atoms. The molecule has 0 atom stereocenters. The Morgan fingerprint density at radius 3 is 1.48 bits per heavy atom. The van der Waals surface area contributed by atoms with Crippen LogP contribution in [0.25, 0.3) is 0 Å². The second-order valence-electron chi connectivity index (χ2n) is 13.0. The van der Waals surface area contributed by atoms with Crippen molar-refractivity contribution in [2.24, 2.45) is 16.7 Å². The Labute approximate surface area is 253 Å². The summed E-state index contributed by atoms with van der Waals surface area (Å²) in [6, 6.07) is 0. The first-order valence-corrected chi connectivity index (χ1v) is 14.4. The van der Waals surface area contributed by atoms with Crippen molar-refractivity contribution >= 4 is 11.7 Å². The zero-order valence-electron chi connectivity index (χ0n) is 25.8. The van der Waals surface area contributed by atoms with Gasteiger partial charge in [0.1, 0.15) is 5.78 Å². The summed E-state index contributed by atoms with van der Waals surface area (Å²) in [4.78, 5) is 27.2. The van der Waals surface area contributed by atoms with Crippen LogP contribution in [0.5, 0.6) is 0 Å². The van der Waals surface area contributed by atoms with Gasteiger partial charge in [0.05, 0.1) is 25.4 Å². The summed E-state index contributed by atoms with van der Waals surface area (Å²) in [5, 5.41) is 0. The van der Waals surface area contributed by atoms with Gasteiger partial charge in [-0.2, -0.15) is 0 Å². The minimum atomic E-state index is -0.180. The van der Waals surface area contributed by atoms with Gasteiger partial charge in [-0.3, -0.25) is 9.59 Å². The number of Topliss-reactive ketones (excluding diaryl/α,β-unsaturated/α-hetero) is 1. The van der Waals surface area contributed by atoms with Gasteiger partial charge < -0.3 is 19.3 Å². The molecule has 0 N–H and O–H groups in total. The highest BCUT2D eigenvalue weighted by atomic mass is 16.5. The number of ether oxygens (including phenoxy) is 2. The molecular formula is C34H76N2O4. The average molecular weight is 577 g/mol. The van der Waals surface area contributed by atoms with E-state index in [1.807, 2.05) is 60.3 Å². The van der Waals surface area contributed by atoms with E-state index >= 15 is 0 Å². The zero-order valence-corrected chi connectivity index (χ0v) is 25.8. The Hall–Kier alpha value is -0.980. The van der Waals surface area contributed by atoms with Gasteiger partial charge in [0.2, 0.25) is 5.91 Å². The maximum Gasteiger partial charge on any atom is 0.227 e. The molecule has 0 unspecified atom stereocenters. The van der Waals surface area contributed by atoms with Crippen molar-refractivity contribution in [2.75, 3.05) is 52.5 Å². The average Bonchev–Trinajstić information content (AvgIpc) is 2.70. The van der Waals surface area contributed by atoms with Gasteiger partial charge in [-0.05, 0) is 53.1 Å². The number of hydrogen-bond acceptors (Lipinski definition) is 5. The van der Waals surface area contributed by atoms with Crippen LogP contribution in [0, 0.1) is 16.7 Å². The number of nitrogens with zero attached hydrogens (tertiary/aromatic N) is 2. The molecule has 246 valence electrons. The van der Waals surface area contributed by atoms with E-state index in [-0.39, 0.29) is 46.1 Å². The van der Waals surface area contributed by atoms with E-state index in [1.54, 1.807) is 0 Å². The number of piperidine rings is 1. The molecule has 0 spiro atoms. The monoisotopic (exact) mass is 577 g/mol. The Morgan fingerprint density at radius 1 is 0.725 bits per heavy atom. The van der Waals surface area contributed by atoms with Crippen LogP contribution in [0.1, 0.15) is 138 Å². The zero-order chi connectivity index (χ0) is 28.0. The SMILES string of the molecule is C.C.C.C.CC.CC(C)(C)C(=O)CC1COC1.CC(C)(C)C(=O)N1CCC1.CC(C)(C)OCCN1CCCCC1. The topological polar surface area (TPSA) is 59.1 Å². The summed E-state index contributed by atoms with van der Waals surface area (Å²) < 4.78 is 10.7. The third kappa shape index (κ3) is 22.7. The number of hydrogen-bond donors (Lipinski definition) is 0. The van der Waals surface area contributed by atoms with Gasteiger partial charge in [-0.1, -0.05) is 91.5 Å². The second-order valence-corrected chi connectivity index (χ2v) is 13.0. The van der Waals surface area contributed by atoms with Crippen molar-refractivity contribution in [1.82, 2.24) is 9.80 Å². The first-order valence-electron chi connectivity index (χ1n) is 14.4. The van der Waals surface area contributed by atoms with Crippen LogP contribution in [-0.2, 0) is 19.1 Å². The van der Waals surface area contributed by atoms with Gasteiger partial charge in [0, 0.05) is 42.8 Å². The first-order chi connectivity index (χ1) is 16.6. The Morgan fingerprint density at radius 2 is 1.20 bits per heavy atom. The summed E-state index contributed by atoms with van der Waals surface area (Å²) in [7, 11) is 0. The molecule has 1 amide bonds. The number of carbonyl (C=O) groups is 2. The minimum absolute atomic E-state index is 0. The third-order valence-corrected chi connectivity index (χ3v) is 6.19. The van der Waals surface area contributed by atoms with E-state index in [2.05, 4.69) is 25.7 Å². The van der Waals surface area contributed by atoms with Gasteiger partial charge in [-0.25, -0.2) is 0 Å². The van der Waals surface area contributed by atoms with Crippen LogP contribution in [0.2, 0.25) is 0 Å². The number of ketones is 1. The van der Waals surface area contributed by atoms with Crippen LogP contribution in [0.3, 0.4) is 0 Å². The lowest BCUT2D eigenvalue weighted by molar-refractivity contribution is -0.143. The van der Waals surface area contributed by atoms with Gasteiger partial charge in [-0.15, -0.1) is 0 Å². The molecule has 6 heteroatoms. The Kier molecular flexibility index (Phi) is 28.7. The molecular weight excluding hydrogens is 500 g/mol. The Bertz CT molecular complexity index is 601. The van der Waals surface area contributed by atoms with Crippen LogP contribution in [-0.4, -0.2) is 79.6 Å². The molecule has 3 fully saturated rings. The number of likely N-dealkylation sites (tertiary alicyclic amines) is 2. The van der Waals surface area contributed by atoms with Crippen LogP contribution < -0.4 is 0 Å². The lowest BCUT2D eigenvalue weighted by atomic mass is 9.85. The van der Waals surface area contributed by atoms with Gasteiger partial charge in [0.25, 0.3) is 0 Å². The highest BCUT2D eigenvalue weighted by molar-refractivity contribution is 5.84. The highest BCUT2D eigenvalue weighted by Crippen LogP contribution is 2.23. The largest absolute Gasteiger partial charge is 0.381 e. The summed E-state index contributed by atoms with van der Waals surface area (Å²) in [5.74, 6) is 1.14. The molecule has 0 aromatic carbocycles. The predicted octanol–water partition coefficient (Wildman–Crippen LogP) is 8.76. The molecule has 0 aliphatic carbocycles. The van der Waals surface area contributed by atoms with E-state index in [4.69, 9.17) is 9.47 Å². The van der Waals surface area contributed by atoms with E-state index < -0.39 is 0 Å². The molecule has 0 bridgehead atoms. The van der Waals surface area contributed by atoms with Crippen molar-refractivity contribution in [2.45, 2.75) is 144 Å². The summed E-state index contributed by atoms with van der Waals surface area (Å²) in [6.45, 7) is 30.2. The van der Waals surface area contributed by atoms with Crippen molar-refractivity contribution in [3.63, 3.8) is 0 Å². The van der Waals surface area contributed by atoms with E-state index in [0.29, 0.717) is 24.0 Å². The summed E-state index contributed by atoms with van der Waals surface area (Å²) in [6.07, 6.45) is 6.03. The highest BCUT2D eigenvalue weighted by Gasteiger charge is 2.30. The summed E-state index contributed by atoms with van der Waals surface area (Å²) >= 11 is 0. The summed E-state index contributed by atoms with van der Waals surface area (Å²) in [5.41, 5.74) is -0.328. The third-order valence-electron chi connectivity index (χ3n) is 6.19. The lowest BCUT2D eigenvalue weighted by Gasteiger charge is -2.35. The van der Waals surface area contributed by atoms with E-state index in [1.165, 1.54) is 38.8 Å². The fourth-order valence-electron chi connectivity index (χ4n) is 3.63. The van der Waals surface area contributed by atoms with E-state index in [0.717, 1.165) is 39.5 Å². The molecule has 3 heterocycles. The number of carbonyl (C=O) groups excluding carboxylic acids is 2. The van der Waals surface area contributed by atoms with Crippen molar-refractivity contribution < 1.29 is 19.1 Å². The second kappa shape index (κ2) is 23.6. The van der Waals surface area contributed by atoms with Crippen LogP contribution in [0.4, 0.5) is 0 Å². The molecule has 6 nitrogen and oxygen atoms in total. The molecule has 0 saturated carbocycles. The lowest BCUT2D eigenvalue weighted by Crippen LogP contribution is -2.47. The molecule has 0 radical (unpaired) electrons.